The molecule has 1 aromatic carbocycles. The van der Waals surface area contributed by atoms with Gasteiger partial charge in [-0.15, -0.1) is 0 Å². The summed E-state index contributed by atoms with van der Waals surface area (Å²) in [5.74, 6) is 0.673. The Morgan fingerprint density at radius 1 is 1.00 bits per heavy atom. The average Bonchev–Trinajstić information content (AvgIpc) is 3.56. The normalized spacial score (nSPS) is 20.8. The van der Waals surface area contributed by atoms with E-state index in [2.05, 4.69) is 49.0 Å². The lowest BCUT2D eigenvalue weighted by Gasteiger charge is -2.34. The molecule has 6 heterocycles. The highest BCUT2D eigenvalue weighted by Crippen LogP contribution is 2.37. The van der Waals surface area contributed by atoms with Crippen LogP contribution < -0.4 is 20.9 Å². The number of hydrogen-bond donors (Lipinski definition) is 3. The van der Waals surface area contributed by atoms with Gasteiger partial charge in [-0.1, -0.05) is 6.07 Å². The predicted molar refractivity (Wildman–Crippen MR) is 137 cm³/mol. The SMILES string of the molecule is Cn1ccc2c(-c3ccc(Nc4ccc(N5CC6CCC(C5)N6)cn4)c4c3CNC4=O)ccnc21. The van der Waals surface area contributed by atoms with Gasteiger partial charge in [-0.25, -0.2) is 9.97 Å². The first kappa shape index (κ1) is 20.5. The van der Waals surface area contributed by atoms with Gasteiger partial charge in [0.25, 0.3) is 5.91 Å². The number of fused-ring (bicyclic) bond motifs is 4. The summed E-state index contributed by atoms with van der Waals surface area (Å²) in [4.78, 5) is 24.5. The van der Waals surface area contributed by atoms with E-state index in [0.717, 1.165) is 58.0 Å². The monoisotopic (exact) mass is 465 g/mol. The molecule has 4 aromatic rings. The Bertz CT molecular complexity index is 1450. The fourth-order valence-corrected chi connectivity index (χ4v) is 5.90. The second kappa shape index (κ2) is 7.81. The van der Waals surface area contributed by atoms with Gasteiger partial charge in [0.1, 0.15) is 11.5 Å². The Morgan fingerprint density at radius 3 is 2.66 bits per heavy atom. The van der Waals surface area contributed by atoms with Crippen LogP contribution in [0.4, 0.5) is 17.2 Å². The minimum absolute atomic E-state index is 0.0596. The van der Waals surface area contributed by atoms with Gasteiger partial charge >= 0.3 is 0 Å². The van der Waals surface area contributed by atoms with Crippen LogP contribution in [0.5, 0.6) is 0 Å². The third kappa shape index (κ3) is 3.36. The Morgan fingerprint density at radius 2 is 1.86 bits per heavy atom. The molecule has 0 spiro atoms. The van der Waals surface area contributed by atoms with Crippen molar-refractivity contribution in [2.45, 2.75) is 31.5 Å². The van der Waals surface area contributed by atoms with Crippen molar-refractivity contribution in [2.75, 3.05) is 23.3 Å². The Balaban J connectivity index is 1.20. The fourth-order valence-electron chi connectivity index (χ4n) is 5.90. The molecule has 2 fully saturated rings. The number of carbonyl (C=O) groups excluding carboxylic acids is 1. The van der Waals surface area contributed by atoms with E-state index in [4.69, 9.17) is 0 Å². The highest BCUT2D eigenvalue weighted by Gasteiger charge is 2.32. The molecule has 8 nitrogen and oxygen atoms in total. The number of anilines is 3. The first-order valence-electron chi connectivity index (χ1n) is 12.2. The predicted octanol–water partition coefficient (Wildman–Crippen LogP) is 3.56. The van der Waals surface area contributed by atoms with Crippen molar-refractivity contribution >= 4 is 34.1 Å². The summed E-state index contributed by atoms with van der Waals surface area (Å²) < 4.78 is 2.01. The molecular weight excluding hydrogens is 438 g/mol. The van der Waals surface area contributed by atoms with Crippen LogP contribution in [-0.2, 0) is 13.6 Å². The van der Waals surface area contributed by atoms with Crippen molar-refractivity contribution in [3.63, 3.8) is 0 Å². The van der Waals surface area contributed by atoms with Crippen LogP contribution in [0.25, 0.3) is 22.2 Å². The van der Waals surface area contributed by atoms with Crippen molar-refractivity contribution in [1.82, 2.24) is 25.2 Å². The van der Waals surface area contributed by atoms with Crippen LogP contribution in [0.3, 0.4) is 0 Å². The number of hydrogen-bond acceptors (Lipinski definition) is 6. The smallest absolute Gasteiger partial charge is 0.254 e. The Hall–Kier alpha value is -3.91. The number of carbonyl (C=O) groups is 1. The molecule has 8 heteroatoms. The van der Waals surface area contributed by atoms with Gasteiger partial charge in [0.05, 0.1) is 23.1 Å². The number of aromatic nitrogens is 3. The zero-order valence-electron chi connectivity index (χ0n) is 19.6. The van der Waals surface area contributed by atoms with E-state index < -0.39 is 0 Å². The van der Waals surface area contributed by atoms with Crippen LogP contribution in [0.2, 0.25) is 0 Å². The van der Waals surface area contributed by atoms with Gasteiger partial charge in [0.2, 0.25) is 0 Å². The number of nitrogens with zero attached hydrogens (tertiary/aromatic N) is 4. The van der Waals surface area contributed by atoms with Crippen molar-refractivity contribution in [3.8, 4) is 11.1 Å². The van der Waals surface area contributed by atoms with Crippen molar-refractivity contribution < 1.29 is 4.79 Å². The quantitative estimate of drug-likeness (QED) is 0.427. The fraction of sp³-hybridized carbons (Fsp3) is 0.296. The summed E-state index contributed by atoms with van der Waals surface area (Å²) in [6, 6.07) is 13.5. The molecule has 2 saturated heterocycles. The molecule has 3 aliphatic rings. The summed E-state index contributed by atoms with van der Waals surface area (Å²) >= 11 is 0. The average molecular weight is 466 g/mol. The molecule has 2 unspecified atom stereocenters. The van der Waals surface area contributed by atoms with E-state index in [1.807, 2.05) is 48.4 Å². The maximum atomic E-state index is 12.9. The lowest BCUT2D eigenvalue weighted by Crippen LogP contribution is -2.51. The number of pyridine rings is 2. The molecule has 0 radical (unpaired) electrons. The van der Waals surface area contributed by atoms with Crippen molar-refractivity contribution in [3.05, 3.63) is 66.1 Å². The van der Waals surface area contributed by atoms with E-state index in [9.17, 15) is 4.79 Å². The molecule has 2 atom stereocenters. The molecule has 7 rings (SSSR count). The van der Waals surface area contributed by atoms with Crippen LogP contribution in [0.15, 0.2) is 55.0 Å². The molecule has 2 bridgehead atoms. The second-order valence-corrected chi connectivity index (χ2v) is 9.79. The molecule has 3 aliphatic heterocycles. The Kier molecular flexibility index (Phi) is 4.57. The number of piperazine rings is 1. The summed E-state index contributed by atoms with van der Waals surface area (Å²) in [7, 11) is 1.99. The van der Waals surface area contributed by atoms with Crippen LogP contribution in [-0.4, -0.2) is 45.6 Å². The number of amides is 1. The summed E-state index contributed by atoms with van der Waals surface area (Å²) in [5.41, 5.74) is 6.69. The number of benzene rings is 1. The van der Waals surface area contributed by atoms with Crippen molar-refractivity contribution in [1.29, 1.82) is 0 Å². The maximum Gasteiger partial charge on any atom is 0.254 e. The highest BCUT2D eigenvalue weighted by atomic mass is 16.1. The van der Waals surface area contributed by atoms with Gasteiger partial charge < -0.3 is 25.4 Å². The second-order valence-electron chi connectivity index (χ2n) is 9.79. The first-order valence-corrected chi connectivity index (χ1v) is 12.2. The zero-order chi connectivity index (χ0) is 23.5. The first-order chi connectivity index (χ1) is 17.1. The molecular formula is C27H27N7O. The topological polar surface area (TPSA) is 87.1 Å². The molecule has 35 heavy (non-hydrogen) atoms. The standard InChI is InChI=1S/C27H27N7O/c1-33-11-9-21-20(8-10-28-26(21)33)19-5-6-23(25-22(19)13-30-27(25)35)32-24-7-4-18(12-29-24)34-14-16-2-3-17(15-34)31-16/h4-12,16-17,31H,2-3,13-15H2,1H3,(H,29,32)(H,30,35). The van der Waals surface area contributed by atoms with Gasteiger partial charge in [0.15, 0.2) is 0 Å². The van der Waals surface area contributed by atoms with Crippen LogP contribution >= 0.6 is 0 Å². The van der Waals surface area contributed by atoms with Gasteiger partial charge in [-0.3, -0.25) is 4.79 Å². The van der Waals surface area contributed by atoms with Crippen LogP contribution in [0, 0.1) is 0 Å². The lowest BCUT2D eigenvalue weighted by molar-refractivity contribution is 0.0966. The third-order valence-electron chi connectivity index (χ3n) is 7.62. The maximum absolute atomic E-state index is 12.9. The minimum atomic E-state index is -0.0596. The molecule has 176 valence electrons. The van der Waals surface area contributed by atoms with E-state index in [0.29, 0.717) is 24.2 Å². The lowest BCUT2D eigenvalue weighted by atomic mass is 9.94. The largest absolute Gasteiger partial charge is 0.367 e. The minimum Gasteiger partial charge on any atom is -0.367 e. The summed E-state index contributed by atoms with van der Waals surface area (Å²) in [5, 5.41) is 11.2. The van der Waals surface area contributed by atoms with Crippen LogP contribution in [0.1, 0.15) is 28.8 Å². The van der Waals surface area contributed by atoms with Crippen molar-refractivity contribution in [2.24, 2.45) is 7.05 Å². The van der Waals surface area contributed by atoms with E-state index >= 15 is 0 Å². The molecule has 3 N–H and O–H groups in total. The zero-order valence-corrected chi connectivity index (χ0v) is 19.6. The van der Waals surface area contributed by atoms with E-state index in [1.54, 1.807) is 0 Å². The number of aryl methyl sites for hydroxylation is 1. The Labute approximate surface area is 203 Å². The molecule has 1 amide bonds. The molecule has 3 aromatic heterocycles. The molecule has 0 saturated carbocycles. The van der Waals surface area contributed by atoms with Gasteiger partial charge in [0, 0.05) is 56.5 Å². The number of nitrogens with one attached hydrogen (secondary N) is 3. The van der Waals surface area contributed by atoms with Gasteiger partial charge in [-0.2, -0.15) is 0 Å². The van der Waals surface area contributed by atoms with Gasteiger partial charge in [-0.05, 0) is 59.9 Å². The van der Waals surface area contributed by atoms with E-state index in [1.165, 1.54) is 12.8 Å². The summed E-state index contributed by atoms with van der Waals surface area (Å²) in [6.07, 6.45) is 8.29. The third-order valence-corrected chi connectivity index (χ3v) is 7.62. The highest BCUT2D eigenvalue weighted by molar-refractivity contribution is 6.07. The summed E-state index contributed by atoms with van der Waals surface area (Å²) in [6.45, 7) is 2.57. The number of rotatable bonds is 4. The molecule has 0 aliphatic carbocycles. The van der Waals surface area contributed by atoms with E-state index in [-0.39, 0.29) is 5.91 Å².